The van der Waals surface area contributed by atoms with E-state index < -0.39 is 6.09 Å². The van der Waals surface area contributed by atoms with Gasteiger partial charge in [0.25, 0.3) is 0 Å². The summed E-state index contributed by atoms with van der Waals surface area (Å²) in [6.45, 7) is 5.03. The zero-order chi connectivity index (χ0) is 14.7. The molecule has 0 spiro atoms. The van der Waals surface area contributed by atoms with Crippen molar-refractivity contribution >= 4 is 11.9 Å². The molecular formula is C14H14FN3O2. The number of anilines is 1. The minimum absolute atomic E-state index is 0.277. The van der Waals surface area contributed by atoms with Gasteiger partial charge in [-0.15, -0.1) is 0 Å². The van der Waals surface area contributed by atoms with Gasteiger partial charge in [-0.1, -0.05) is 18.7 Å². The number of amides is 1. The van der Waals surface area contributed by atoms with Gasteiger partial charge >= 0.3 is 6.09 Å². The van der Waals surface area contributed by atoms with Crippen molar-refractivity contribution < 1.29 is 13.9 Å². The van der Waals surface area contributed by atoms with Crippen molar-refractivity contribution in [2.45, 2.75) is 6.92 Å². The van der Waals surface area contributed by atoms with Crippen molar-refractivity contribution in [3.05, 3.63) is 48.5 Å². The summed E-state index contributed by atoms with van der Waals surface area (Å²) in [5.41, 5.74) is 0.792. The average molecular weight is 275 g/mol. The first-order valence-corrected chi connectivity index (χ1v) is 5.90. The summed E-state index contributed by atoms with van der Waals surface area (Å²) in [5, 5.41) is 6.67. The van der Waals surface area contributed by atoms with Crippen LogP contribution in [0.25, 0.3) is 11.3 Å². The maximum absolute atomic E-state index is 13.7. The van der Waals surface area contributed by atoms with Gasteiger partial charge in [-0.25, -0.2) is 9.18 Å². The Kier molecular flexibility index (Phi) is 3.84. The molecule has 1 heterocycles. The predicted molar refractivity (Wildman–Crippen MR) is 73.5 cm³/mol. The third-order valence-corrected chi connectivity index (χ3v) is 2.53. The number of aromatic nitrogens is 2. The highest BCUT2D eigenvalue weighted by molar-refractivity contribution is 5.85. The number of allylic oxidation sites excluding steroid dienone is 1. The fraction of sp³-hybridized carbons (Fsp3) is 0.143. The van der Waals surface area contributed by atoms with Crippen molar-refractivity contribution in [2.75, 3.05) is 5.32 Å². The molecule has 1 aromatic heterocycles. The lowest BCUT2D eigenvalue weighted by atomic mass is 10.1. The lowest BCUT2D eigenvalue weighted by Gasteiger charge is -2.05. The Balaban J connectivity index is 2.24. The number of rotatable bonds is 3. The summed E-state index contributed by atoms with van der Waals surface area (Å²) in [6.07, 6.45) is -0.666. The first-order chi connectivity index (χ1) is 9.47. The molecule has 0 bridgehead atoms. The van der Waals surface area contributed by atoms with Gasteiger partial charge in [0.05, 0.1) is 11.5 Å². The van der Waals surface area contributed by atoms with E-state index in [0.717, 1.165) is 0 Å². The zero-order valence-corrected chi connectivity index (χ0v) is 11.2. The molecule has 2 aromatic rings. The predicted octanol–water partition coefficient (Wildman–Crippen LogP) is 3.31. The highest BCUT2D eigenvalue weighted by Crippen LogP contribution is 2.23. The molecule has 0 fully saturated rings. The number of hydrogen-bond donors (Lipinski definition) is 1. The van der Waals surface area contributed by atoms with Gasteiger partial charge in [0.15, 0.2) is 0 Å². The van der Waals surface area contributed by atoms with Gasteiger partial charge in [0.1, 0.15) is 11.6 Å². The quantitative estimate of drug-likeness (QED) is 0.874. The summed E-state index contributed by atoms with van der Waals surface area (Å²) in [6, 6.07) is 7.86. The normalized spacial score (nSPS) is 10.2. The number of carbonyl (C=O) groups excluding carboxylic acids is 1. The van der Waals surface area contributed by atoms with Crippen molar-refractivity contribution in [2.24, 2.45) is 7.05 Å². The second-order valence-electron chi connectivity index (χ2n) is 4.23. The molecule has 2 rings (SSSR count). The van der Waals surface area contributed by atoms with Gasteiger partial charge in [0, 0.05) is 18.7 Å². The molecule has 5 nitrogen and oxygen atoms in total. The van der Waals surface area contributed by atoms with Crippen LogP contribution in [0.1, 0.15) is 6.92 Å². The molecule has 0 radical (unpaired) electrons. The monoisotopic (exact) mass is 275 g/mol. The number of nitrogens with one attached hydrogen (secondary N) is 1. The number of halogens is 1. The van der Waals surface area contributed by atoms with Gasteiger partial charge in [-0.2, -0.15) is 5.10 Å². The highest BCUT2D eigenvalue weighted by atomic mass is 19.1. The van der Waals surface area contributed by atoms with E-state index >= 15 is 0 Å². The molecule has 1 N–H and O–H groups in total. The maximum atomic E-state index is 13.7. The molecule has 0 saturated heterocycles. The Hall–Kier alpha value is -2.63. The second-order valence-corrected chi connectivity index (χ2v) is 4.23. The Bertz CT molecular complexity index is 664. The van der Waals surface area contributed by atoms with Crippen LogP contribution in [0.4, 0.5) is 15.0 Å². The lowest BCUT2D eigenvalue weighted by Crippen LogP contribution is -2.14. The average Bonchev–Trinajstić information content (AvgIpc) is 2.70. The first-order valence-electron chi connectivity index (χ1n) is 5.90. The van der Waals surface area contributed by atoms with Crippen LogP contribution in [0.3, 0.4) is 0 Å². The third kappa shape index (κ3) is 3.03. The molecule has 0 aliphatic rings. The number of carbonyl (C=O) groups is 1. The molecule has 0 saturated carbocycles. The summed E-state index contributed by atoms with van der Waals surface area (Å²) in [5.74, 6) is 0.301. The van der Waals surface area contributed by atoms with E-state index in [9.17, 15) is 9.18 Å². The topological polar surface area (TPSA) is 56.1 Å². The molecule has 6 heteroatoms. The smallest absolute Gasteiger partial charge is 0.416 e. The van der Waals surface area contributed by atoms with E-state index in [1.165, 1.54) is 10.7 Å². The van der Waals surface area contributed by atoms with E-state index in [4.69, 9.17) is 4.74 Å². The van der Waals surface area contributed by atoms with Crippen molar-refractivity contribution in [3.63, 3.8) is 0 Å². The Morgan fingerprint density at radius 1 is 1.45 bits per heavy atom. The van der Waals surface area contributed by atoms with Gasteiger partial charge < -0.3 is 4.74 Å². The maximum Gasteiger partial charge on any atom is 0.417 e. The van der Waals surface area contributed by atoms with Crippen LogP contribution in [-0.2, 0) is 11.8 Å². The SMILES string of the molecule is C=C(C)OC(=O)Nc1cc(-c2ccccc2F)nn1C. The molecule has 0 aliphatic heterocycles. The fourth-order valence-electron chi connectivity index (χ4n) is 1.67. The van der Waals surface area contributed by atoms with Crippen LogP contribution in [-0.4, -0.2) is 15.9 Å². The Morgan fingerprint density at radius 2 is 2.15 bits per heavy atom. The summed E-state index contributed by atoms with van der Waals surface area (Å²) < 4.78 is 19.9. The molecule has 20 heavy (non-hydrogen) atoms. The highest BCUT2D eigenvalue weighted by Gasteiger charge is 2.13. The van der Waals surface area contributed by atoms with Crippen LogP contribution >= 0.6 is 0 Å². The van der Waals surface area contributed by atoms with Gasteiger partial charge in [-0.3, -0.25) is 10.00 Å². The number of benzene rings is 1. The Morgan fingerprint density at radius 3 is 2.80 bits per heavy atom. The van der Waals surface area contributed by atoms with Crippen molar-refractivity contribution in [1.82, 2.24) is 9.78 Å². The minimum Gasteiger partial charge on any atom is -0.416 e. The summed E-state index contributed by atoms with van der Waals surface area (Å²) in [7, 11) is 1.64. The molecule has 1 amide bonds. The van der Waals surface area contributed by atoms with Crippen molar-refractivity contribution in [1.29, 1.82) is 0 Å². The van der Waals surface area contributed by atoms with E-state index in [-0.39, 0.29) is 11.6 Å². The van der Waals surface area contributed by atoms with Crippen LogP contribution in [0.15, 0.2) is 42.7 Å². The van der Waals surface area contributed by atoms with Crippen LogP contribution in [0, 0.1) is 5.82 Å². The first kappa shape index (κ1) is 13.8. The minimum atomic E-state index is -0.666. The van der Waals surface area contributed by atoms with E-state index in [0.29, 0.717) is 17.1 Å². The van der Waals surface area contributed by atoms with Gasteiger partial charge in [-0.05, 0) is 19.1 Å². The summed E-state index contributed by atoms with van der Waals surface area (Å²) >= 11 is 0. The second kappa shape index (κ2) is 5.56. The van der Waals surface area contributed by atoms with E-state index in [1.807, 2.05) is 0 Å². The van der Waals surface area contributed by atoms with Crippen LogP contribution in [0.5, 0.6) is 0 Å². The van der Waals surface area contributed by atoms with Gasteiger partial charge in [0.2, 0.25) is 0 Å². The van der Waals surface area contributed by atoms with Crippen LogP contribution < -0.4 is 5.32 Å². The number of nitrogens with zero attached hydrogens (tertiary/aromatic N) is 2. The molecule has 104 valence electrons. The van der Waals surface area contributed by atoms with Crippen molar-refractivity contribution in [3.8, 4) is 11.3 Å². The molecule has 1 aromatic carbocycles. The standard InChI is InChI=1S/C14H14FN3O2/c1-9(2)20-14(19)16-13-8-12(17-18(13)3)10-6-4-5-7-11(10)15/h4-8H,1H2,2-3H3,(H,16,19). The zero-order valence-electron chi connectivity index (χ0n) is 11.2. The van der Waals surface area contributed by atoms with E-state index in [2.05, 4.69) is 17.0 Å². The third-order valence-electron chi connectivity index (χ3n) is 2.53. The number of hydrogen-bond acceptors (Lipinski definition) is 3. The molecular weight excluding hydrogens is 261 g/mol. The number of aryl methyl sites for hydroxylation is 1. The summed E-state index contributed by atoms with van der Waals surface area (Å²) in [4.78, 5) is 11.5. The molecule has 0 aliphatic carbocycles. The molecule has 0 atom stereocenters. The van der Waals surface area contributed by atoms with E-state index in [1.54, 1.807) is 38.2 Å². The fourth-order valence-corrected chi connectivity index (χ4v) is 1.67. The largest absolute Gasteiger partial charge is 0.417 e. The lowest BCUT2D eigenvalue weighted by molar-refractivity contribution is 0.192. The molecule has 0 unspecified atom stereocenters. The van der Waals surface area contributed by atoms with Crippen LogP contribution in [0.2, 0.25) is 0 Å². The Labute approximate surface area is 115 Å². The number of ether oxygens (including phenoxy) is 1.